The number of piperazine rings is 1. The fourth-order valence-corrected chi connectivity index (χ4v) is 2.74. The number of hydrogen-bond acceptors (Lipinski definition) is 3. The van der Waals surface area contributed by atoms with Gasteiger partial charge in [0.15, 0.2) is 0 Å². The average molecular weight is 312 g/mol. The van der Waals surface area contributed by atoms with Gasteiger partial charge in [0.25, 0.3) is 11.8 Å². The van der Waals surface area contributed by atoms with E-state index in [4.69, 9.17) is 4.42 Å². The lowest BCUT2D eigenvalue weighted by Crippen LogP contribution is -2.50. The number of furan rings is 1. The zero-order valence-corrected chi connectivity index (χ0v) is 13.4. The average Bonchev–Trinajstić information content (AvgIpc) is 3.11. The first-order chi connectivity index (χ1) is 11.1. The summed E-state index contributed by atoms with van der Waals surface area (Å²) in [6, 6.07) is 7.44. The lowest BCUT2D eigenvalue weighted by atomic mass is 10.1. The number of nitrogens with zero attached hydrogens (tertiary/aromatic N) is 2. The van der Waals surface area contributed by atoms with E-state index in [1.165, 1.54) is 18.1 Å². The van der Waals surface area contributed by atoms with Crippen LogP contribution >= 0.6 is 0 Å². The van der Waals surface area contributed by atoms with Crippen LogP contribution < -0.4 is 0 Å². The minimum atomic E-state index is -0.0444. The van der Waals surface area contributed by atoms with Crippen LogP contribution in [0, 0.1) is 13.8 Å². The van der Waals surface area contributed by atoms with Crippen LogP contribution in [0.1, 0.15) is 31.8 Å². The second kappa shape index (κ2) is 6.28. The Morgan fingerprint density at radius 1 is 0.870 bits per heavy atom. The maximum Gasteiger partial charge on any atom is 0.257 e. The van der Waals surface area contributed by atoms with E-state index in [9.17, 15) is 9.59 Å². The molecular formula is C18H20N2O3. The molecule has 1 saturated heterocycles. The molecule has 2 amide bonds. The molecule has 0 atom stereocenters. The van der Waals surface area contributed by atoms with Gasteiger partial charge in [0.05, 0.1) is 11.8 Å². The first-order valence-corrected chi connectivity index (χ1v) is 7.74. The van der Waals surface area contributed by atoms with E-state index in [0.717, 1.165) is 5.56 Å². The molecular weight excluding hydrogens is 292 g/mol. The van der Waals surface area contributed by atoms with Crippen molar-refractivity contribution in [1.82, 2.24) is 9.80 Å². The highest BCUT2D eigenvalue weighted by atomic mass is 16.3. The molecule has 23 heavy (non-hydrogen) atoms. The van der Waals surface area contributed by atoms with Crippen LogP contribution in [0.15, 0.2) is 41.2 Å². The summed E-state index contributed by atoms with van der Waals surface area (Å²) < 4.78 is 4.95. The molecule has 1 aromatic heterocycles. The van der Waals surface area contributed by atoms with Crippen molar-refractivity contribution in [2.45, 2.75) is 13.8 Å². The van der Waals surface area contributed by atoms with Crippen molar-refractivity contribution >= 4 is 11.8 Å². The molecule has 3 rings (SSSR count). The van der Waals surface area contributed by atoms with Crippen LogP contribution in [0.5, 0.6) is 0 Å². The molecule has 2 heterocycles. The highest BCUT2D eigenvalue weighted by molar-refractivity contribution is 5.96. The second-order valence-electron chi connectivity index (χ2n) is 5.90. The number of hydrogen-bond donors (Lipinski definition) is 0. The Morgan fingerprint density at radius 3 is 2.00 bits per heavy atom. The minimum Gasteiger partial charge on any atom is -0.472 e. The molecule has 0 unspecified atom stereocenters. The third kappa shape index (κ3) is 3.13. The summed E-state index contributed by atoms with van der Waals surface area (Å²) in [5.74, 6) is -0.0134. The molecule has 0 bridgehead atoms. The van der Waals surface area contributed by atoms with E-state index >= 15 is 0 Å². The summed E-state index contributed by atoms with van der Waals surface area (Å²) in [4.78, 5) is 28.4. The summed E-state index contributed by atoms with van der Waals surface area (Å²) in [6.07, 6.45) is 2.95. The van der Waals surface area contributed by atoms with Gasteiger partial charge in [0, 0.05) is 31.7 Å². The predicted octanol–water partition coefficient (Wildman–Crippen LogP) is 2.49. The fourth-order valence-electron chi connectivity index (χ4n) is 2.74. The van der Waals surface area contributed by atoms with Crippen molar-refractivity contribution in [2.24, 2.45) is 0 Å². The number of carbonyl (C=O) groups excluding carboxylic acids is 2. The number of carbonyl (C=O) groups is 2. The minimum absolute atomic E-state index is 0.0310. The molecule has 1 aliphatic rings. The van der Waals surface area contributed by atoms with Gasteiger partial charge in [-0.15, -0.1) is 0 Å². The molecule has 0 N–H and O–H groups in total. The van der Waals surface area contributed by atoms with Crippen LogP contribution in [0.4, 0.5) is 0 Å². The first-order valence-electron chi connectivity index (χ1n) is 7.74. The van der Waals surface area contributed by atoms with Crippen molar-refractivity contribution in [2.75, 3.05) is 26.2 Å². The van der Waals surface area contributed by atoms with Gasteiger partial charge < -0.3 is 14.2 Å². The zero-order valence-electron chi connectivity index (χ0n) is 13.4. The number of benzene rings is 1. The van der Waals surface area contributed by atoms with Crippen LogP contribution in [-0.2, 0) is 0 Å². The van der Waals surface area contributed by atoms with Gasteiger partial charge in [-0.05, 0) is 43.2 Å². The molecule has 0 saturated carbocycles. The monoisotopic (exact) mass is 312 g/mol. The molecule has 120 valence electrons. The van der Waals surface area contributed by atoms with Crippen molar-refractivity contribution in [1.29, 1.82) is 0 Å². The fraction of sp³-hybridized carbons (Fsp3) is 0.333. The Balaban J connectivity index is 1.63. The maximum absolute atomic E-state index is 12.6. The Kier molecular flexibility index (Phi) is 4.19. The van der Waals surface area contributed by atoms with E-state index in [2.05, 4.69) is 0 Å². The Morgan fingerprint density at radius 2 is 1.48 bits per heavy atom. The van der Waals surface area contributed by atoms with Gasteiger partial charge >= 0.3 is 0 Å². The smallest absolute Gasteiger partial charge is 0.257 e. The second-order valence-corrected chi connectivity index (χ2v) is 5.90. The summed E-state index contributed by atoms with van der Waals surface area (Å²) in [5, 5.41) is 0. The summed E-state index contributed by atoms with van der Waals surface area (Å²) in [6.45, 7) is 6.23. The zero-order chi connectivity index (χ0) is 16.4. The lowest BCUT2D eigenvalue weighted by Gasteiger charge is -2.34. The van der Waals surface area contributed by atoms with E-state index in [-0.39, 0.29) is 11.8 Å². The van der Waals surface area contributed by atoms with E-state index < -0.39 is 0 Å². The third-order valence-electron chi connectivity index (χ3n) is 4.38. The molecule has 5 heteroatoms. The van der Waals surface area contributed by atoms with Crippen LogP contribution in [0.3, 0.4) is 0 Å². The molecule has 5 nitrogen and oxygen atoms in total. The van der Waals surface area contributed by atoms with E-state index in [0.29, 0.717) is 37.3 Å². The molecule has 1 aliphatic heterocycles. The number of amides is 2. The topological polar surface area (TPSA) is 53.8 Å². The largest absolute Gasteiger partial charge is 0.472 e. The Bertz CT molecular complexity index is 714. The van der Waals surface area contributed by atoms with Gasteiger partial charge in [-0.3, -0.25) is 9.59 Å². The lowest BCUT2D eigenvalue weighted by molar-refractivity contribution is 0.0535. The Labute approximate surface area is 135 Å². The number of rotatable bonds is 2. The summed E-state index contributed by atoms with van der Waals surface area (Å²) >= 11 is 0. The van der Waals surface area contributed by atoms with Gasteiger partial charge in [-0.2, -0.15) is 0 Å². The van der Waals surface area contributed by atoms with Crippen molar-refractivity contribution < 1.29 is 14.0 Å². The molecule has 1 aromatic carbocycles. The van der Waals surface area contributed by atoms with E-state index in [1.54, 1.807) is 11.0 Å². The van der Waals surface area contributed by atoms with Crippen LogP contribution in [-0.4, -0.2) is 47.8 Å². The van der Waals surface area contributed by atoms with Crippen molar-refractivity contribution in [3.63, 3.8) is 0 Å². The quantitative estimate of drug-likeness (QED) is 0.856. The van der Waals surface area contributed by atoms with Crippen LogP contribution in [0.25, 0.3) is 0 Å². The number of aryl methyl sites for hydroxylation is 2. The Hall–Kier alpha value is -2.56. The molecule has 0 aliphatic carbocycles. The standard InChI is InChI=1S/C18H20N2O3/c1-13-3-4-15(11-14(13)2)17(21)19-6-8-20(9-7-19)18(22)16-5-10-23-12-16/h3-5,10-12H,6-9H2,1-2H3. The highest BCUT2D eigenvalue weighted by Crippen LogP contribution is 2.15. The highest BCUT2D eigenvalue weighted by Gasteiger charge is 2.25. The van der Waals surface area contributed by atoms with Gasteiger partial charge in [0.2, 0.25) is 0 Å². The maximum atomic E-state index is 12.6. The molecule has 0 spiro atoms. The molecule has 1 fully saturated rings. The summed E-state index contributed by atoms with van der Waals surface area (Å²) in [7, 11) is 0. The normalized spacial score (nSPS) is 14.9. The predicted molar refractivity (Wildman–Crippen MR) is 86.4 cm³/mol. The first kappa shape index (κ1) is 15.3. The van der Waals surface area contributed by atoms with Crippen molar-refractivity contribution in [3.05, 3.63) is 59.0 Å². The molecule has 2 aromatic rings. The third-order valence-corrected chi connectivity index (χ3v) is 4.38. The molecule has 0 radical (unpaired) electrons. The van der Waals surface area contributed by atoms with Gasteiger partial charge in [-0.1, -0.05) is 6.07 Å². The van der Waals surface area contributed by atoms with E-state index in [1.807, 2.05) is 36.9 Å². The summed E-state index contributed by atoms with van der Waals surface area (Å²) in [5.41, 5.74) is 3.56. The van der Waals surface area contributed by atoms with Gasteiger partial charge in [-0.25, -0.2) is 0 Å². The van der Waals surface area contributed by atoms with Gasteiger partial charge in [0.1, 0.15) is 6.26 Å². The SMILES string of the molecule is Cc1ccc(C(=O)N2CCN(C(=O)c3ccoc3)CC2)cc1C. The van der Waals surface area contributed by atoms with Crippen LogP contribution in [0.2, 0.25) is 0 Å². The van der Waals surface area contributed by atoms with Crippen molar-refractivity contribution in [3.8, 4) is 0 Å².